The first kappa shape index (κ1) is 23.1. The lowest BCUT2D eigenvalue weighted by Gasteiger charge is -2.27. The van der Waals surface area contributed by atoms with Gasteiger partial charge in [0, 0.05) is 10.6 Å². The summed E-state index contributed by atoms with van der Waals surface area (Å²) in [5.41, 5.74) is 1.87. The van der Waals surface area contributed by atoms with Gasteiger partial charge in [0.2, 0.25) is 5.91 Å². The van der Waals surface area contributed by atoms with Crippen molar-refractivity contribution in [1.82, 2.24) is 0 Å². The third-order valence-electron chi connectivity index (χ3n) is 6.33. The molecule has 9 heteroatoms. The van der Waals surface area contributed by atoms with Gasteiger partial charge in [0.25, 0.3) is 5.91 Å². The van der Waals surface area contributed by atoms with Gasteiger partial charge < -0.3 is 4.42 Å². The number of hydrogen-bond donors (Lipinski definition) is 0. The molecule has 2 saturated heterocycles. The van der Waals surface area contributed by atoms with E-state index in [0.29, 0.717) is 38.0 Å². The van der Waals surface area contributed by atoms with E-state index in [1.54, 1.807) is 59.7 Å². The van der Waals surface area contributed by atoms with Crippen molar-refractivity contribution in [2.75, 3.05) is 9.96 Å². The monoisotopic (exact) mass is 538 g/mol. The van der Waals surface area contributed by atoms with Crippen LogP contribution in [0.5, 0.6) is 0 Å². The number of rotatable bonds is 4. The van der Waals surface area contributed by atoms with Gasteiger partial charge in [-0.15, -0.1) is 0 Å². The van der Waals surface area contributed by atoms with Gasteiger partial charge in [-0.2, -0.15) is 0 Å². The van der Waals surface area contributed by atoms with Crippen molar-refractivity contribution in [2.45, 2.75) is 12.1 Å². The van der Waals surface area contributed by atoms with Crippen molar-refractivity contribution in [3.8, 4) is 11.3 Å². The van der Waals surface area contributed by atoms with Gasteiger partial charge in [-0.25, -0.2) is 9.96 Å². The van der Waals surface area contributed by atoms with Gasteiger partial charge in [-0.3, -0.25) is 14.4 Å². The predicted molar refractivity (Wildman–Crippen MR) is 138 cm³/mol. The zero-order valence-corrected chi connectivity index (χ0v) is 20.7. The molecule has 0 aliphatic carbocycles. The Morgan fingerprint density at radius 2 is 1.47 bits per heavy atom. The van der Waals surface area contributed by atoms with Crippen LogP contribution in [0.25, 0.3) is 11.3 Å². The molecule has 0 radical (unpaired) electrons. The van der Waals surface area contributed by atoms with E-state index in [0.717, 1.165) is 10.5 Å². The first-order valence-corrected chi connectivity index (χ1v) is 12.3. The van der Waals surface area contributed by atoms with Crippen LogP contribution in [0.3, 0.4) is 0 Å². The number of nitrogens with zero attached hydrogens (tertiary/aromatic N) is 2. The number of anilines is 2. The van der Waals surface area contributed by atoms with Crippen molar-refractivity contribution < 1.29 is 18.8 Å². The highest BCUT2D eigenvalue weighted by molar-refractivity contribution is 6.42. The van der Waals surface area contributed by atoms with E-state index in [1.165, 1.54) is 0 Å². The lowest BCUT2D eigenvalue weighted by Crippen LogP contribution is -2.37. The number of imide groups is 1. The number of hydrogen-bond acceptors (Lipinski definition) is 5. The summed E-state index contributed by atoms with van der Waals surface area (Å²) in [6, 6.07) is 23.9. The highest BCUT2D eigenvalue weighted by Crippen LogP contribution is 2.48. The highest BCUT2D eigenvalue weighted by atomic mass is 35.5. The Morgan fingerprint density at radius 1 is 0.722 bits per heavy atom. The number of carbonyl (C=O) groups excluding carboxylic acids is 2. The van der Waals surface area contributed by atoms with Gasteiger partial charge in [0.15, 0.2) is 6.10 Å². The topological polar surface area (TPSA) is 63.0 Å². The molecule has 3 heterocycles. The number of para-hydroxylation sites is 1. The molecular weight excluding hydrogens is 523 g/mol. The Labute approximate surface area is 221 Å². The van der Waals surface area contributed by atoms with Gasteiger partial charge in [-0.1, -0.05) is 53.0 Å². The van der Waals surface area contributed by atoms with E-state index in [4.69, 9.17) is 44.1 Å². The van der Waals surface area contributed by atoms with Crippen LogP contribution in [0.15, 0.2) is 89.3 Å². The number of furan rings is 1. The fourth-order valence-electron chi connectivity index (χ4n) is 4.66. The Kier molecular flexibility index (Phi) is 5.77. The zero-order valence-electron chi connectivity index (χ0n) is 18.5. The minimum absolute atomic E-state index is 0.372. The van der Waals surface area contributed by atoms with Gasteiger partial charge in [0.1, 0.15) is 23.5 Å². The van der Waals surface area contributed by atoms with E-state index in [9.17, 15) is 9.59 Å². The predicted octanol–water partition coefficient (Wildman–Crippen LogP) is 6.96. The second-order valence-electron chi connectivity index (χ2n) is 8.48. The normalized spacial score (nSPS) is 21.4. The molecule has 0 spiro atoms. The molecule has 0 bridgehead atoms. The molecule has 1 aromatic heterocycles. The van der Waals surface area contributed by atoms with E-state index < -0.39 is 24.0 Å². The Hall–Kier alpha value is -3.29. The maximum Gasteiger partial charge on any atom is 0.266 e. The summed E-state index contributed by atoms with van der Waals surface area (Å²) in [6.45, 7) is 0. The summed E-state index contributed by atoms with van der Waals surface area (Å²) >= 11 is 18.3. The van der Waals surface area contributed by atoms with Crippen LogP contribution in [0.2, 0.25) is 15.1 Å². The molecule has 6 nitrogen and oxygen atoms in total. The number of benzene rings is 3. The Morgan fingerprint density at radius 3 is 2.19 bits per heavy atom. The van der Waals surface area contributed by atoms with Crippen molar-refractivity contribution in [1.29, 1.82) is 0 Å². The maximum atomic E-state index is 13.7. The van der Waals surface area contributed by atoms with Gasteiger partial charge >= 0.3 is 0 Å². The molecule has 2 amide bonds. The lowest BCUT2D eigenvalue weighted by molar-refractivity contribution is -0.126. The SMILES string of the molecule is O=C1[C@@H]2[C@@H](c3ccc(-c4ccc(Cl)c(Cl)c4)o3)N(c3ccccc3)O[C@H]2C(=O)N1c1ccc(Cl)cc1. The molecule has 180 valence electrons. The zero-order chi connectivity index (χ0) is 25.0. The first-order valence-electron chi connectivity index (χ1n) is 11.1. The number of hydroxylamine groups is 1. The summed E-state index contributed by atoms with van der Waals surface area (Å²) in [4.78, 5) is 34.4. The molecule has 4 aromatic rings. The van der Waals surface area contributed by atoms with Crippen LogP contribution in [-0.4, -0.2) is 17.9 Å². The summed E-state index contributed by atoms with van der Waals surface area (Å²) in [5.74, 6) is -0.602. The van der Waals surface area contributed by atoms with Crippen LogP contribution in [0.4, 0.5) is 11.4 Å². The van der Waals surface area contributed by atoms with Gasteiger partial charge in [0.05, 0.1) is 21.4 Å². The number of amides is 2. The molecular formula is C27H17Cl3N2O4. The minimum Gasteiger partial charge on any atom is -0.459 e. The van der Waals surface area contributed by atoms with Crippen molar-refractivity contribution in [3.63, 3.8) is 0 Å². The van der Waals surface area contributed by atoms with Crippen LogP contribution in [0.1, 0.15) is 11.8 Å². The summed E-state index contributed by atoms with van der Waals surface area (Å²) in [7, 11) is 0. The molecule has 2 aliphatic rings. The van der Waals surface area contributed by atoms with Crippen LogP contribution >= 0.6 is 34.8 Å². The second kappa shape index (κ2) is 8.98. The Bertz CT molecular complexity index is 1470. The molecule has 2 fully saturated rings. The summed E-state index contributed by atoms with van der Waals surface area (Å²) in [5, 5.41) is 2.93. The van der Waals surface area contributed by atoms with E-state index in [-0.39, 0.29) is 5.91 Å². The lowest BCUT2D eigenvalue weighted by atomic mass is 9.94. The van der Waals surface area contributed by atoms with E-state index in [1.807, 2.05) is 30.3 Å². The maximum absolute atomic E-state index is 13.7. The van der Waals surface area contributed by atoms with Crippen LogP contribution in [0, 0.1) is 5.92 Å². The largest absolute Gasteiger partial charge is 0.459 e. The van der Waals surface area contributed by atoms with E-state index in [2.05, 4.69) is 0 Å². The summed E-state index contributed by atoms with van der Waals surface area (Å²) in [6.07, 6.45) is -1.00. The van der Waals surface area contributed by atoms with Crippen molar-refractivity contribution >= 4 is 58.0 Å². The third-order valence-corrected chi connectivity index (χ3v) is 7.32. The molecule has 36 heavy (non-hydrogen) atoms. The Balaban J connectivity index is 1.41. The summed E-state index contributed by atoms with van der Waals surface area (Å²) < 4.78 is 6.23. The number of carbonyl (C=O) groups is 2. The average molecular weight is 540 g/mol. The molecule has 0 saturated carbocycles. The van der Waals surface area contributed by atoms with Crippen molar-refractivity contribution in [2.24, 2.45) is 5.92 Å². The molecule has 3 aromatic carbocycles. The van der Waals surface area contributed by atoms with Gasteiger partial charge in [-0.05, 0) is 66.7 Å². The van der Waals surface area contributed by atoms with Crippen molar-refractivity contribution in [3.05, 3.63) is 106 Å². The average Bonchev–Trinajstić information content (AvgIpc) is 3.58. The second-order valence-corrected chi connectivity index (χ2v) is 9.73. The molecule has 6 rings (SSSR count). The molecule has 2 aliphatic heterocycles. The molecule has 0 N–H and O–H groups in total. The fourth-order valence-corrected chi connectivity index (χ4v) is 5.09. The highest BCUT2D eigenvalue weighted by Gasteiger charge is 2.61. The van der Waals surface area contributed by atoms with Crippen LogP contribution < -0.4 is 9.96 Å². The third kappa shape index (κ3) is 3.78. The smallest absolute Gasteiger partial charge is 0.266 e. The van der Waals surface area contributed by atoms with Crippen LogP contribution in [-0.2, 0) is 14.4 Å². The van der Waals surface area contributed by atoms with E-state index >= 15 is 0 Å². The first-order chi connectivity index (χ1) is 17.4. The number of halogens is 3. The quantitative estimate of drug-likeness (QED) is 0.262. The standard InChI is InChI=1S/C27H17Cl3N2O4/c28-16-7-9-17(10-8-16)31-26(33)23-24(32(36-25(23)27(31)34)18-4-2-1-3-5-18)22-13-12-21(35-22)15-6-11-19(29)20(30)14-15/h1-14,23-25H/t23-,24-,25-/m1/s1. The fraction of sp³-hybridized carbons (Fsp3) is 0.111. The number of fused-ring (bicyclic) bond motifs is 1. The minimum atomic E-state index is -1.00. The molecule has 3 atom stereocenters. The molecule has 0 unspecified atom stereocenters.